The molecule has 0 saturated heterocycles. The predicted molar refractivity (Wildman–Crippen MR) is 74.8 cm³/mol. The molecule has 2 aromatic rings. The second-order valence-electron chi connectivity index (χ2n) is 4.08. The first kappa shape index (κ1) is 14.2. The molecule has 0 aliphatic carbocycles. The lowest BCUT2D eigenvalue weighted by atomic mass is 10.2. The number of benzene rings is 1. The van der Waals surface area contributed by atoms with Crippen molar-refractivity contribution in [1.82, 2.24) is 4.98 Å². The van der Waals surface area contributed by atoms with Crippen molar-refractivity contribution in [2.75, 3.05) is 6.61 Å². The number of hydrogen-bond donors (Lipinski definition) is 0. The van der Waals surface area contributed by atoms with Crippen molar-refractivity contribution >= 4 is 32.6 Å². The minimum absolute atomic E-state index is 0.0381. The number of fused-ring (bicyclic) bond motifs is 1. The number of nitrogens with zero attached hydrogens (tertiary/aromatic N) is 1. The van der Waals surface area contributed by atoms with Crippen LogP contribution in [-0.4, -0.2) is 25.4 Å². The normalized spacial score (nSPS) is 13.6. The van der Waals surface area contributed by atoms with E-state index in [1.165, 1.54) is 6.07 Å². The number of aromatic nitrogens is 1. The van der Waals surface area contributed by atoms with Gasteiger partial charge in [0.05, 0.1) is 17.5 Å². The van der Waals surface area contributed by atoms with Crippen LogP contribution in [0.1, 0.15) is 13.3 Å². The highest BCUT2D eigenvalue weighted by Gasteiger charge is 2.20. The molecule has 0 N–H and O–H groups in total. The van der Waals surface area contributed by atoms with E-state index in [1.807, 2.05) is 6.92 Å². The van der Waals surface area contributed by atoms with Gasteiger partial charge in [0, 0.05) is 11.6 Å². The van der Waals surface area contributed by atoms with Crippen LogP contribution in [0.2, 0.25) is 0 Å². The summed E-state index contributed by atoms with van der Waals surface area (Å²) < 4.78 is 29.3. The van der Waals surface area contributed by atoms with Crippen molar-refractivity contribution in [2.24, 2.45) is 0 Å². The predicted octanol–water partition coefficient (Wildman–Crippen LogP) is 2.96. The fraction of sp³-hybridized carbons (Fsp3) is 0.308. The zero-order valence-corrected chi connectivity index (χ0v) is 12.0. The van der Waals surface area contributed by atoms with Gasteiger partial charge in [-0.2, -0.15) is 8.42 Å². The van der Waals surface area contributed by atoms with E-state index in [1.54, 1.807) is 30.5 Å². The lowest BCUT2D eigenvalue weighted by Crippen LogP contribution is -2.14. The van der Waals surface area contributed by atoms with Crippen molar-refractivity contribution < 1.29 is 12.6 Å². The summed E-state index contributed by atoms with van der Waals surface area (Å²) in [6.45, 7) is 1.83. The van der Waals surface area contributed by atoms with Crippen LogP contribution < -0.4 is 0 Å². The zero-order valence-electron chi connectivity index (χ0n) is 10.4. The van der Waals surface area contributed by atoms with Crippen LogP contribution in [0.15, 0.2) is 41.4 Å². The molecule has 1 atom stereocenters. The molecule has 0 saturated carbocycles. The maximum absolute atomic E-state index is 12.1. The van der Waals surface area contributed by atoms with Crippen molar-refractivity contribution in [3.63, 3.8) is 0 Å². The summed E-state index contributed by atoms with van der Waals surface area (Å²) in [4.78, 5) is 4.18. The average molecular weight is 300 g/mol. The molecule has 2 rings (SSSR count). The van der Waals surface area contributed by atoms with Crippen LogP contribution in [0.4, 0.5) is 0 Å². The lowest BCUT2D eigenvalue weighted by Gasteiger charge is -2.09. The third-order valence-electron chi connectivity index (χ3n) is 2.71. The first-order chi connectivity index (χ1) is 9.04. The summed E-state index contributed by atoms with van der Waals surface area (Å²) in [6, 6.07) is 8.51. The molecule has 0 aliphatic heterocycles. The summed E-state index contributed by atoms with van der Waals surface area (Å²) in [6.07, 6.45) is 2.20. The largest absolute Gasteiger partial charge is 0.299 e. The summed E-state index contributed by atoms with van der Waals surface area (Å²) in [5.74, 6) is 0. The Balaban J connectivity index is 2.38. The minimum Gasteiger partial charge on any atom is -0.265 e. The van der Waals surface area contributed by atoms with Gasteiger partial charge in [-0.15, -0.1) is 11.6 Å². The smallest absolute Gasteiger partial charge is 0.265 e. The summed E-state index contributed by atoms with van der Waals surface area (Å²) in [7, 11) is -3.84. The SMILES string of the molecule is CCC(Cl)COS(=O)(=O)c1cccc2cccnc12. The molecule has 1 unspecified atom stereocenters. The number of alkyl halides is 1. The molecule has 1 aromatic heterocycles. The molecular weight excluding hydrogens is 286 g/mol. The van der Waals surface area contributed by atoms with Gasteiger partial charge in [-0.25, -0.2) is 0 Å². The van der Waals surface area contributed by atoms with Gasteiger partial charge in [0.15, 0.2) is 0 Å². The van der Waals surface area contributed by atoms with Crippen molar-refractivity contribution in [3.8, 4) is 0 Å². The van der Waals surface area contributed by atoms with E-state index in [-0.39, 0.29) is 16.9 Å². The van der Waals surface area contributed by atoms with Gasteiger partial charge in [-0.3, -0.25) is 9.17 Å². The van der Waals surface area contributed by atoms with Crippen LogP contribution >= 0.6 is 11.6 Å². The van der Waals surface area contributed by atoms with E-state index in [0.29, 0.717) is 11.9 Å². The molecule has 1 heterocycles. The van der Waals surface area contributed by atoms with E-state index < -0.39 is 10.1 Å². The summed E-state index contributed by atoms with van der Waals surface area (Å²) >= 11 is 5.87. The Kier molecular flexibility index (Phi) is 4.39. The quantitative estimate of drug-likeness (QED) is 0.629. The Morgan fingerprint density at radius 3 is 2.79 bits per heavy atom. The van der Waals surface area contributed by atoms with Gasteiger partial charge in [-0.05, 0) is 18.6 Å². The van der Waals surface area contributed by atoms with E-state index in [9.17, 15) is 8.42 Å². The van der Waals surface area contributed by atoms with Gasteiger partial charge in [0.25, 0.3) is 10.1 Å². The van der Waals surface area contributed by atoms with Crippen molar-refractivity contribution in [2.45, 2.75) is 23.6 Å². The molecule has 0 spiro atoms. The molecule has 6 heteroatoms. The number of rotatable bonds is 5. The Hall–Kier alpha value is -1.17. The first-order valence-corrected chi connectivity index (χ1v) is 7.76. The van der Waals surface area contributed by atoms with Crippen LogP contribution in [-0.2, 0) is 14.3 Å². The molecular formula is C13H14ClNO3S. The van der Waals surface area contributed by atoms with Crippen molar-refractivity contribution in [1.29, 1.82) is 0 Å². The van der Waals surface area contributed by atoms with Gasteiger partial charge in [-0.1, -0.05) is 25.1 Å². The summed E-state index contributed by atoms with van der Waals surface area (Å²) in [5.41, 5.74) is 0.410. The van der Waals surface area contributed by atoms with Crippen LogP contribution in [0.25, 0.3) is 10.9 Å². The number of para-hydroxylation sites is 1. The molecule has 0 amide bonds. The van der Waals surface area contributed by atoms with Crippen molar-refractivity contribution in [3.05, 3.63) is 36.5 Å². The van der Waals surface area contributed by atoms with E-state index in [0.717, 1.165) is 5.39 Å². The minimum atomic E-state index is -3.84. The molecule has 1 aromatic carbocycles. The second kappa shape index (κ2) is 5.86. The lowest BCUT2D eigenvalue weighted by molar-refractivity contribution is 0.314. The molecule has 102 valence electrons. The Morgan fingerprint density at radius 1 is 1.32 bits per heavy atom. The maximum atomic E-state index is 12.1. The first-order valence-electron chi connectivity index (χ1n) is 5.92. The zero-order chi connectivity index (χ0) is 13.9. The summed E-state index contributed by atoms with van der Waals surface area (Å²) in [5, 5.41) is 0.433. The number of pyridine rings is 1. The second-order valence-corrected chi connectivity index (χ2v) is 6.28. The number of halogens is 1. The van der Waals surface area contributed by atoms with Crippen LogP contribution in [0.3, 0.4) is 0 Å². The van der Waals surface area contributed by atoms with Gasteiger partial charge < -0.3 is 0 Å². The topological polar surface area (TPSA) is 56.3 Å². The molecule has 4 nitrogen and oxygen atoms in total. The maximum Gasteiger partial charge on any atom is 0.299 e. The number of hydrogen-bond acceptors (Lipinski definition) is 4. The van der Waals surface area contributed by atoms with Gasteiger partial charge in [0.1, 0.15) is 4.90 Å². The van der Waals surface area contributed by atoms with E-state index >= 15 is 0 Å². The molecule has 0 radical (unpaired) electrons. The van der Waals surface area contributed by atoms with Gasteiger partial charge >= 0.3 is 0 Å². The van der Waals surface area contributed by atoms with E-state index in [2.05, 4.69) is 4.98 Å². The van der Waals surface area contributed by atoms with Gasteiger partial charge in [0.2, 0.25) is 0 Å². The molecule has 0 fully saturated rings. The highest BCUT2D eigenvalue weighted by atomic mass is 35.5. The van der Waals surface area contributed by atoms with E-state index in [4.69, 9.17) is 15.8 Å². The monoisotopic (exact) mass is 299 g/mol. The molecule has 19 heavy (non-hydrogen) atoms. The fourth-order valence-electron chi connectivity index (χ4n) is 1.62. The standard InChI is InChI=1S/C13H14ClNO3S/c1-2-11(14)9-18-19(16,17)12-7-3-5-10-6-4-8-15-13(10)12/h3-8,11H,2,9H2,1H3. The Labute approximate surface area is 117 Å². The molecule has 0 aliphatic rings. The van der Waals surface area contributed by atoms with Crippen LogP contribution in [0.5, 0.6) is 0 Å². The highest BCUT2D eigenvalue weighted by molar-refractivity contribution is 7.87. The average Bonchev–Trinajstić information content (AvgIpc) is 2.44. The Bertz CT molecular complexity index is 667. The molecule has 0 bridgehead atoms. The highest BCUT2D eigenvalue weighted by Crippen LogP contribution is 2.22. The third kappa shape index (κ3) is 3.23. The Morgan fingerprint density at radius 2 is 2.05 bits per heavy atom. The third-order valence-corrected chi connectivity index (χ3v) is 4.46. The van der Waals surface area contributed by atoms with Crippen LogP contribution in [0, 0.1) is 0 Å². The fourth-order valence-corrected chi connectivity index (χ4v) is 2.88.